The molecule has 0 aromatic heterocycles. The van der Waals surface area contributed by atoms with E-state index in [0.29, 0.717) is 17.4 Å². The van der Waals surface area contributed by atoms with E-state index in [0.717, 1.165) is 11.6 Å². The minimum atomic E-state index is -3.71. The Hall–Kier alpha value is -1.77. The molecule has 0 saturated heterocycles. The summed E-state index contributed by atoms with van der Waals surface area (Å²) in [5.74, 6) is -0.880. The second-order valence-corrected chi connectivity index (χ2v) is 7.23. The Bertz CT molecular complexity index is 823. The van der Waals surface area contributed by atoms with Gasteiger partial charge in [-0.1, -0.05) is 12.1 Å². The van der Waals surface area contributed by atoms with E-state index >= 15 is 0 Å². The number of hydrogen-bond acceptors (Lipinski definition) is 3. The number of hydrogen-bond donors (Lipinski definition) is 2. The van der Waals surface area contributed by atoms with Gasteiger partial charge in [-0.2, -0.15) is 0 Å². The minimum absolute atomic E-state index is 0.0361. The molecule has 0 radical (unpaired) electrons. The SMILES string of the molecule is NS(=O)(=O)c1ccc(CCNC(=O)c2cc(F)ccc2Br)cc1. The van der Waals surface area contributed by atoms with E-state index in [2.05, 4.69) is 21.2 Å². The van der Waals surface area contributed by atoms with Crippen LogP contribution in [0.1, 0.15) is 15.9 Å². The minimum Gasteiger partial charge on any atom is -0.352 e. The average Bonchev–Trinajstić information content (AvgIpc) is 2.49. The third-order valence-corrected chi connectivity index (χ3v) is 4.74. The van der Waals surface area contributed by atoms with E-state index in [4.69, 9.17) is 5.14 Å². The highest BCUT2D eigenvalue weighted by molar-refractivity contribution is 9.10. The Morgan fingerprint density at radius 3 is 2.43 bits per heavy atom. The summed E-state index contributed by atoms with van der Waals surface area (Å²) < 4.78 is 36.0. The Morgan fingerprint density at radius 1 is 1.17 bits per heavy atom. The lowest BCUT2D eigenvalue weighted by atomic mass is 10.1. The van der Waals surface area contributed by atoms with Crippen LogP contribution in [0.3, 0.4) is 0 Å². The highest BCUT2D eigenvalue weighted by Crippen LogP contribution is 2.17. The van der Waals surface area contributed by atoms with E-state index in [1.807, 2.05) is 0 Å². The van der Waals surface area contributed by atoms with Crippen molar-refractivity contribution in [2.24, 2.45) is 5.14 Å². The molecule has 0 saturated carbocycles. The number of sulfonamides is 1. The van der Waals surface area contributed by atoms with Crippen LogP contribution in [0.2, 0.25) is 0 Å². The van der Waals surface area contributed by atoms with Gasteiger partial charge >= 0.3 is 0 Å². The van der Waals surface area contributed by atoms with Crippen LogP contribution in [0.5, 0.6) is 0 Å². The molecule has 5 nitrogen and oxygen atoms in total. The normalized spacial score (nSPS) is 11.3. The zero-order chi connectivity index (χ0) is 17.0. The lowest BCUT2D eigenvalue weighted by molar-refractivity contribution is 0.0953. The number of amides is 1. The molecular weight excluding hydrogens is 387 g/mol. The van der Waals surface area contributed by atoms with Gasteiger partial charge in [-0.3, -0.25) is 4.79 Å². The predicted octanol–water partition coefficient (Wildman–Crippen LogP) is 2.21. The largest absolute Gasteiger partial charge is 0.352 e. The topological polar surface area (TPSA) is 89.3 Å². The smallest absolute Gasteiger partial charge is 0.252 e. The van der Waals surface area contributed by atoms with Crippen molar-refractivity contribution >= 4 is 31.9 Å². The first kappa shape index (κ1) is 17.6. The van der Waals surface area contributed by atoms with Gasteiger partial charge in [-0.15, -0.1) is 0 Å². The van der Waals surface area contributed by atoms with Crippen molar-refractivity contribution in [3.05, 3.63) is 63.9 Å². The maximum atomic E-state index is 13.2. The van der Waals surface area contributed by atoms with Crippen LogP contribution in [0.4, 0.5) is 4.39 Å². The Labute approximate surface area is 141 Å². The van der Waals surface area contributed by atoms with E-state index in [-0.39, 0.29) is 10.5 Å². The van der Waals surface area contributed by atoms with Crippen LogP contribution in [0.25, 0.3) is 0 Å². The molecule has 0 spiro atoms. The fourth-order valence-corrected chi connectivity index (χ4v) is 2.88. The Kier molecular flexibility index (Phi) is 5.51. The Balaban J connectivity index is 1.94. The fourth-order valence-electron chi connectivity index (χ4n) is 1.93. The summed E-state index contributed by atoms with van der Waals surface area (Å²) in [6, 6.07) is 9.96. The van der Waals surface area contributed by atoms with Gasteiger partial charge in [-0.25, -0.2) is 17.9 Å². The molecule has 0 aliphatic heterocycles. The molecule has 0 aliphatic rings. The van der Waals surface area contributed by atoms with Gasteiger partial charge in [0.2, 0.25) is 10.0 Å². The molecule has 23 heavy (non-hydrogen) atoms. The average molecular weight is 401 g/mol. The molecule has 0 aliphatic carbocycles. The zero-order valence-electron chi connectivity index (χ0n) is 11.9. The van der Waals surface area contributed by atoms with Gasteiger partial charge in [-0.05, 0) is 58.2 Å². The van der Waals surface area contributed by atoms with Crippen LogP contribution in [-0.2, 0) is 16.4 Å². The van der Waals surface area contributed by atoms with Crippen molar-refractivity contribution in [1.29, 1.82) is 0 Å². The van der Waals surface area contributed by atoms with E-state index in [1.54, 1.807) is 12.1 Å². The lowest BCUT2D eigenvalue weighted by Crippen LogP contribution is -2.26. The van der Waals surface area contributed by atoms with Crippen molar-refractivity contribution in [3.8, 4) is 0 Å². The quantitative estimate of drug-likeness (QED) is 0.805. The van der Waals surface area contributed by atoms with Gasteiger partial charge in [0.15, 0.2) is 0 Å². The maximum absolute atomic E-state index is 13.2. The fraction of sp³-hybridized carbons (Fsp3) is 0.133. The molecule has 1 amide bonds. The molecular formula is C15H14BrFN2O3S. The molecule has 2 aromatic rings. The number of rotatable bonds is 5. The van der Waals surface area contributed by atoms with E-state index < -0.39 is 21.7 Å². The van der Waals surface area contributed by atoms with Crippen molar-refractivity contribution in [2.45, 2.75) is 11.3 Å². The monoisotopic (exact) mass is 400 g/mol. The first-order valence-corrected chi connectivity index (χ1v) is 8.96. The van der Waals surface area contributed by atoms with Crippen molar-refractivity contribution in [2.75, 3.05) is 6.54 Å². The van der Waals surface area contributed by atoms with Crippen LogP contribution in [0.15, 0.2) is 51.8 Å². The number of carbonyl (C=O) groups excluding carboxylic acids is 1. The van der Waals surface area contributed by atoms with Gasteiger partial charge in [0, 0.05) is 11.0 Å². The lowest BCUT2D eigenvalue weighted by Gasteiger charge is -2.07. The number of nitrogens with two attached hydrogens (primary N) is 1. The molecule has 2 aromatic carbocycles. The van der Waals surface area contributed by atoms with Crippen molar-refractivity contribution in [1.82, 2.24) is 5.32 Å². The van der Waals surface area contributed by atoms with Gasteiger partial charge in [0.25, 0.3) is 5.91 Å². The molecule has 0 heterocycles. The predicted molar refractivity (Wildman–Crippen MR) is 88.0 cm³/mol. The maximum Gasteiger partial charge on any atom is 0.252 e. The highest BCUT2D eigenvalue weighted by Gasteiger charge is 2.11. The van der Waals surface area contributed by atoms with Crippen LogP contribution < -0.4 is 10.5 Å². The van der Waals surface area contributed by atoms with Gasteiger partial charge < -0.3 is 5.32 Å². The molecule has 8 heteroatoms. The molecule has 3 N–H and O–H groups in total. The second kappa shape index (κ2) is 7.20. The third-order valence-electron chi connectivity index (χ3n) is 3.12. The molecule has 122 valence electrons. The van der Waals surface area contributed by atoms with E-state index in [9.17, 15) is 17.6 Å². The number of halogens is 2. The summed E-state index contributed by atoms with van der Waals surface area (Å²) in [4.78, 5) is 12.0. The second-order valence-electron chi connectivity index (χ2n) is 4.82. The summed E-state index contributed by atoms with van der Waals surface area (Å²) in [6.45, 7) is 0.330. The number of carbonyl (C=O) groups is 1. The third kappa shape index (κ3) is 4.85. The molecule has 0 bridgehead atoms. The standard InChI is InChI=1S/C15H14BrFN2O3S/c16-14-6-3-11(17)9-13(14)15(20)19-8-7-10-1-4-12(5-2-10)23(18,21)22/h1-6,9H,7-8H2,(H,19,20)(H2,18,21,22). The van der Waals surface area contributed by atoms with Gasteiger partial charge in [0.05, 0.1) is 10.5 Å². The molecule has 0 atom stereocenters. The highest BCUT2D eigenvalue weighted by atomic mass is 79.9. The van der Waals surface area contributed by atoms with E-state index in [1.165, 1.54) is 24.3 Å². The first-order chi connectivity index (χ1) is 10.8. The first-order valence-electron chi connectivity index (χ1n) is 6.62. The summed E-state index contributed by atoms with van der Waals surface area (Å²) in [6.07, 6.45) is 0.504. The van der Waals surface area contributed by atoms with Crippen molar-refractivity contribution < 1.29 is 17.6 Å². The number of benzene rings is 2. The number of primary sulfonamides is 1. The van der Waals surface area contributed by atoms with Crippen molar-refractivity contribution in [3.63, 3.8) is 0 Å². The summed E-state index contributed by atoms with van der Waals surface area (Å²) >= 11 is 3.20. The zero-order valence-corrected chi connectivity index (χ0v) is 14.3. The van der Waals surface area contributed by atoms with Crippen LogP contribution in [0, 0.1) is 5.82 Å². The van der Waals surface area contributed by atoms with Gasteiger partial charge in [0.1, 0.15) is 5.82 Å². The Morgan fingerprint density at radius 2 is 1.83 bits per heavy atom. The molecule has 0 fully saturated rings. The molecule has 0 unspecified atom stereocenters. The summed E-state index contributed by atoms with van der Waals surface area (Å²) in [7, 11) is -3.71. The summed E-state index contributed by atoms with van der Waals surface area (Å²) in [5.41, 5.74) is 1.06. The molecule has 2 rings (SSSR count). The number of nitrogens with one attached hydrogen (secondary N) is 1. The van der Waals surface area contributed by atoms with Crippen LogP contribution >= 0.6 is 15.9 Å². The van der Waals surface area contributed by atoms with Crippen LogP contribution in [-0.4, -0.2) is 20.9 Å². The summed E-state index contributed by atoms with van der Waals surface area (Å²) in [5, 5.41) is 7.70.